The molecule has 4 nitrogen and oxygen atoms in total. The van der Waals surface area contributed by atoms with Gasteiger partial charge in [-0.1, -0.05) is 12.1 Å². The predicted octanol–water partition coefficient (Wildman–Crippen LogP) is 2.47. The van der Waals surface area contributed by atoms with Gasteiger partial charge in [0.2, 0.25) is 0 Å². The molecule has 4 heteroatoms. The van der Waals surface area contributed by atoms with Gasteiger partial charge in [0.1, 0.15) is 5.75 Å². The molecule has 0 N–H and O–H groups in total. The van der Waals surface area contributed by atoms with Gasteiger partial charge in [0.05, 0.1) is 5.56 Å². The highest BCUT2D eigenvalue weighted by Gasteiger charge is 2.08. The molecular weight excluding hydrogens is 204 g/mol. The highest BCUT2D eigenvalue weighted by molar-refractivity contribution is 5.96. The summed E-state index contributed by atoms with van der Waals surface area (Å²) in [6.07, 6.45) is 3.16. The summed E-state index contributed by atoms with van der Waals surface area (Å²) in [5.41, 5.74) is 0.523. The number of carbonyl (C=O) groups is 1. The minimum Gasteiger partial charge on any atom is -0.424 e. The fourth-order valence-electron chi connectivity index (χ4n) is 1.28. The van der Waals surface area contributed by atoms with Crippen molar-refractivity contribution in [2.75, 3.05) is 0 Å². The molecule has 0 aliphatic rings. The third kappa shape index (κ3) is 2.23. The first kappa shape index (κ1) is 10.3. The number of hydrogen-bond donors (Lipinski definition) is 0. The fraction of sp³-hybridized carbons (Fsp3) is 0.0833. The molecule has 0 radical (unpaired) electrons. The Morgan fingerprint density at radius 3 is 2.50 bits per heavy atom. The number of carbonyl (C=O) groups excluding carboxylic acids is 1. The van der Waals surface area contributed by atoms with E-state index in [1.165, 1.54) is 6.92 Å². The first-order valence-corrected chi connectivity index (χ1v) is 4.82. The summed E-state index contributed by atoms with van der Waals surface area (Å²) in [7, 11) is 0. The number of hydrogen-bond acceptors (Lipinski definition) is 4. The van der Waals surface area contributed by atoms with E-state index >= 15 is 0 Å². The number of ketones is 1. The summed E-state index contributed by atoms with van der Waals surface area (Å²) >= 11 is 0. The van der Waals surface area contributed by atoms with Gasteiger partial charge in [0.25, 0.3) is 0 Å². The van der Waals surface area contributed by atoms with Gasteiger partial charge < -0.3 is 4.74 Å². The van der Waals surface area contributed by atoms with E-state index in [-0.39, 0.29) is 11.8 Å². The van der Waals surface area contributed by atoms with E-state index in [1.807, 2.05) is 0 Å². The maximum atomic E-state index is 11.3. The molecule has 0 fully saturated rings. The van der Waals surface area contributed by atoms with Crippen LogP contribution in [-0.2, 0) is 0 Å². The Kier molecular flexibility index (Phi) is 2.91. The molecule has 0 aliphatic carbocycles. The van der Waals surface area contributed by atoms with Gasteiger partial charge in [-0.25, -0.2) is 9.97 Å². The van der Waals surface area contributed by atoms with Crippen molar-refractivity contribution >= 4 is 5.78 Å². The van der Waals surface area contributed by atoms with Crippen LogP contribution in [0.15, 0.2) is 42.7 Å². The molecule has 0 amide bonds. The monoisotopic (exact) mass is 214 g/mol. The third-order valence-electron chi connectivity index (χ3n) is 2.01. The lowest BCUT2D eigenvalue weighted by Gasteiger charge is -2.06. The van der Waals surface area contributed by atoms with Gasteiger partial charge in [-0.15, -0.1) is 0 Å². The SMILES string of the molecule is CC(=O)c1ccccc1Oc1ncccn1. The zero-order valence-corrected chi connectivity index (χ0v) is 8.75. The van der Waals surface area contributed by atoms with Crippen LogP contribution in [0.25, 0.3) is 0 Å². The second kappa shape index (κ2) is 4.53. The number of rotatable bonds is 3. The van der Waals surface area contributed by atoms with E-state index in [9.17, 15) is 4.79 Å². The summed E-state index contributed by atoms with van der Waals surface area (Å²) in [5.74, 6) is 0.424. The Bertz CT molecular complexity index is 497. The van der Waals surface area contributed by atoms with Crippen molar-refractivity contribution in [1.29, 1.82) is 0 Å². The highest BCUT2D eigenvalue weighted by atomic mass is 16.5. The first-order valence-electron chi connectivity index (χ1n) is 4.82. The van der Waals surface area contributed by atoms with Gasteiger partial charge in [0, 0.05) is 12.4 Å². The number of ether oxygens (including phenoxy) is 1. The minimum atomic E-state index is -0.0495. The average Bonchev–Trinajstić information content (AvgIpc) is 2.31. The Morgan fingerprint density at radius 2 is 1.81 bits per heavy atom. The van der Waals surface area contributed by atoms with Crippen molar-refractivity contribution in [3.63, 3.8) is 0 Å². The van der Waals surface area contributed by atoms with Crippen molar-refractivity contribution in [1.82, 2.24) is 9.97 Å². The van der Waals surface area contributed by atoms with E-state index < -0.39 is 0 Å². The molecule has 80 valence electrons. The molecule has 0 aliphatic heterocycles. The van der Waals surface area contributed by atoms with Gasteiger partial charge in [0.15, 0.2) is 5.78 Å². The minimum absolute atomic E-state index is 0.0495. The third-order valence-corrected chi connectivity index (χ3v) is 2.01. The van der Waals surface area contributed by atoms with Crippen molar-refractivity contribution in [3.05, 3.63) is 48.3 Å². The Balaban J connectivity index is 2.31. The lowest BCUT2D eigenvalue weighted by atomic mass is 10.1. The van der Waals surface area contributed by atoms with Crippen molar-refractivity contribution < 1.29 is 9.53 Å². The number of para-hydroxylation sites is 1. The van der Waals surface area contributed by atoms with Gasteiger partial charge in [-0.05, 0) is 25.1 Å². The summed E-state index contributed by atoms with van der Waals surface area (Å²) in [6.45, 7) is 1.49. The predicted molar refractivity (Wildman–Crippen MR) is 58.6 cm³/mol. The van der Waals surface area contributed by atoms with E-state index in [4.69, 9.17) is 4.74 Å². The summed E-state index contributed by atoms with van der Waals surface area (Å²) in [6, 6.07) is 8.94. The second-order valence-electron chi connectivity index (χ2n) is 3.19. The van der Waals surface area contributed by atoms with Crippen molar-refractivity contribution in [2.45, 2.75) is 6.92 Å². The lowest BCUT2D eigenvalue weighted by molar-refractivity contribution is 0.101. The smallest absolute Gasteiger partial charge is 0.321 e. The Morgan fingerprint density at radius 1 is 1.12 bits per heavy atom. The largest absolute Gasteiger partial charge is 0.424 e. The van der Waals surface area contributed by atoms with Crippen LogP contribution < -0.4 is 4.74 Å². The number of aromatic nitrogens is 2. The van der Waals surface area contributed by atoms with E-state index in [2.05, 4.69) is 9.97 Å². The van der Waals surface area contributed by atoms with Crippen molar-refractivity contribution in [3.8, 4) is 11.8 Å². The van der Waals surface area contributed by atoms with Crippen LogP contribution in [0.4, 0.5) is 0 Å². The van der Waals surface area contributed by atoms with E-state index in [1.54, 1.807) is 42.7 Å². The molecule has 0 saturated heterocycles. The van der Waals surface area contributed by atoms with Crippen LogP contribution in [0.1, 0.15) is 17.3 Å². The summed E-state index contributed by atoms with van der Waals surface area (Å²) in [5, 5.41) is 0. The fourth-order valence-corrected chi connectivity index (χ4v) is 1.28. The molecule has 1 heterocycles. The molecule has 16 heavy (non-hydrogen) atoms. The van der Waals surface area contributed by atoms with Gasteiger partial charge in [-0.3, -0.25) is 4.79 Å². The van der Waals surface area contributed by atoms with Gasteiger partial charge >= 0.3 is 6.01 Å². The molecular formula is C12H10N2O2. The summed E-state index contributed by atoms with van der Waals surface area (Å²) < 4.78 is 5.43. The molecule has 2 aromatic rings. The van der Waals surface area contributed by atoms with Gasteiger partial charge in [-0.2, -0.15) is 0 Å². The topological polar surface area (TPSA) is 52.1 Å². The molecule has 1 aromatic heterocycles. The first-order chi connectivity index (χ1) is 7.77. The molecule has 0 unspecified atom stereocenters. The van der Waals surface area contributed by atoms with Crippen LogP contribution in [-0.4, -0.2) is 15.8 Å². The number of Topliss-reactive ketones (excluding diaryl/α,β-unsaturated/α-hetero) is 1. The van der Waals surface area contributed by atoms with Crippen LogP contribution in [0.5, 0.6) is 11.8 Å². The second-order valence-corrected chi connectivity index (χ2v) is 3.19. The van der Waals surface area contributed by atoms with E-state index in [0.717, 1.165) is 0 Å². The molecule has 0 spiro atoms. The zero-order valence-electron chi connectivity index (χ0n) is 8.75. The molecule has 2 rings (SSSR count). The molecule has 0 atom stereocenters. The number of benzene rings is 1. The Labute approximate surface area is 92.9 Å². The molecule has 0 bridgehead atoms. The quantitative estimate of drug-likeness (QED) is 0.736. The zero-order chi connectivity index (χ0) is 11.4. The van der Waals surface area contributed by atoms with Crippen molar-refractivity contribution in [2.24, 2.45) is 0 Å². The normalized spacial score (nSPS) is 9.81. The molecule has 1 aromatic carbocycles. The van der Waals surface area contributed by atoms with Crippen LogP contribution >= 0.6 is 0 Å². The maximum Gasteiger partial charge on any atom is 0.321 e. The average molecular weight is 214 g/mol. The number of nitrogens with zero attached hydrogens (tertiary/aromatic N) is 2. The standard InChI is InChI=1S/C12H10N2O2/c1-9(15)10-5-2-3-6-11(10)16-12-13-7-4-8-14-12/h2-8H,1H3. The van der Waals surface area contributed by atoms with Crippen LogP contribution in [0.2, 0.25) is 0 Å². The van der Waals surface area contributed by atoms with E-state index in [0.29, 0.717) is 11.3 Å². The van der Waals surface area contributed by atoms with Crippen LogP contribution in [0, 0.1) is 0 Å². The Hall–Kier alpha value is -2.23. The van der Waals surface area contributed by atoms with Crippen LogP contribution in [0.3, 0.4) is 0 Å². The highest BCUT2D eigenvalue weighted by Crippen LogP contribution is 2.22. The molecule has 0 saturated carbocycles. The lowest BCUT2D eigenvalue weighted by Crippen LogP contribution is -1.98. The maximum absolute atomic E-state index is 11.3. The summed E-state index contributed by atoms with van der Waals surface area (Å²) in [4.78, 5) is 19.2.